The number of thiophene rings is 1. The van der Waals surface area contributed by atoms with E-state index in [2.05, 4.69) is 33.1 Å². The van der Waals surface area contributed by atoms with Gasteiger partial charge in [-0.3, -0.25) is 4.40 Å². The Morgan fingerprint density at radius 2 is 2.05 bits per heavy atom. The fourth-order valence-corrected chi connectivity index (χ4v) is 3.30. The number of aliphatic hydroxyl groups excluding tert-OH is 1. The van der Waals surface area contributed by atoms with E-state index in [1.54, 1.807) is 11.3 Å². The van der Waals surface area contributed by atoms with Gasteiger partial charge in [-0.15, -0.1) is 11.3 Å². The fraction of sp³-hybridized carbons (Fsp3) is 0.133. The van der Waals surface area contributed by atoms with Crippen LogP contribution in [0.15, 0.2) is 48.0 Å². The van der Waals surface area contributed by atoms with E-state index in [9.17, 15) is 5.11 Å². The Morgan fingerprint density at radius 3 is 2.85 bits per heavy atom. The number of hydrogen-bond acceptors (Lipinski definition) is 3. The highest BCUT2D eigenvalue weighted by Gasteiger charge is 2.15. The normalized spacial score (nSPS) is 11.7. The SMILES string of the molecule is OCCn1cc(-c2cccs2)n2c3ccccc3nc12. The summed E-state index contributed by atoms with van der Waals surface area (Å²) in [6.45, 7) is 0.662. The molecule has 4 aromatic rings. The van der Waals surface area contributed by atoms with Crippen LogP contribution in [0.25, 0.3) is 27.4 Å². The molecule has 0 fully saturated rings. The summed E-state index contributed by atoms with van der Waals surface area (Å²) in [6.07, 6.45) is 2.07. The zero-order valence-corrected chi connectivity index (χ0v) is 11.5. The molecular weight excluding hydrogens is 270 g/mol. The van der Waals surface area contributed by atoms with Crippen molar-refractivity contribution in [2.45, 2.75) is 6.54 Å². The van der Waals surface area contributed by atoms with Gasteiger partial charge in [-0.2, -0.15) is 0 Å². The van der Waals surface area contributed by atoms with Gasteiger partial charge in [0.05, 0.1) is 28.2 Å². The molecule has 0 unspecified atom stereocenters. The van der Waals surface area contributed by atoms with Crippen LogP contribution in [-0.4, -0.2) is 25.7 Å². The molecular formula is C15H13N3OS. The molecule has 1 aromatic carbocycles. The molecule has 0 bridgehead atoms. The Hall–Kier alpha value is -2.11. The largest absolute Gasteiger partial charge is 0.395 e. The van der Waals surface area contributed by atoms with Crippen LogP contribution in [0.5, 0.6) is 0 Å². The van der Waals surface area contributed by atoms with Crippen molar-refractivity contribution in [2.75, 3.05) is 6.61 Å². The molecule has 20 heavy (non-hydrogen) atoms. The molecule has 0 saturated carbocycles. The molecule has 0 spiro atoms. The van der Waals surface area contributed by atoms with E-state index in [1.165, 1.54) is 4.88 Å². The number of para-hydroxylation sites is 2. The molecule has 4 nitrogen and oxygen atoms in total. The maximum absolute atomic E-state index is 9.24. The van der Waals surface area contributed by atoms with Gasteiger partial charge in [0, 0.05) is 12.7 Å². The minimum Gasteiger partial charge on any atom is -0.395 e. The molecule has 3 aromatic heterocycles. The van der Waals surface area contributed by atoms with Crippen molar-refractivity contribution in [1.82, 2.24) is 14.0 Å². The van der Waals surface area contributed by atoms with Crippen LogP contribution < -0.4 is 0 Å². The van der Waals surface area contributed by atoms with Gasteiger partial charge < -0.3 is 9.67 Å². The monoisotopic (exact) mass is 283 g/mol. The smallest absolute Gasteiger partial charge is 0.215 e. The van der Waals surface area contributed by atoms with Crippen molar-refractivity contribution in [1.29, 1.82) is 0 Å². The zero-order chi connectivity index (χ0) is 13.5. The van der Waals surface area contributed by atoms with Crippen molar-refractivity contribution in [2.24, 2.45) is 0 Å². The van der Waals surface area contributed by atoms with Gasteiger partial charge in [0.2, 0.25) is 5.78 Å². The van der Waals surface area contributed by atoms with Crippen molar-refractivity contribution in [3.8, 4) is 10.6 Å². The minimum absolute atomic E-state index is 0.109. The lowest BCUT2D eigenvalue weighted by Crippen LogP contribution is -2.00. The Kier molecular flexibility index (Phi) is 2.61. The van der Waals surface area contributed by atoms with E-state index in [0.717, 1.165) is 22.5 Å². The summed E-state index contributed by atoms with van der Waals surface area (Å²) in [6, 6.07) is 12.3. The molecule has 4 rings (SSSR count). The summed E-state index contributed by atoms with van der Waals surface area (Å²) in [7, 11) is 0. The Bertz CT molecular complexity index is 873. The van der Waals surface area contributed by atoms with Crippen LogP contribution >= 0.6 is 11.3 Å². The summed E-state index contributed by atoms with van der Waals surface area (Å²) in [4.78, 5) is 5.89. The highest BCUT2D eigenvalue weighted by molar-refractivity contribution is 7.13. The first-order valence-electron chi connectivity index (χ1n) is 6.49. The van der Waals surface area contributed by atoms with Crippen LogP contribution in [0.3, 0.4) is 0 Å². The molecule has 3 heterocycles. The maximum atomic E-state index is 9.24. The summed E-state index contributed by atoms with van der Waals surface area (Å²) in [5, 5.41) is 11.3. The lowest BCUT2D eigenvalue weighted by Gasteiger charge is -1.96. The quantitative estimate of drug-likeness (QED) is 0.628. The maximum Gasteiger partial charge on any atom is 0.215 e. The van der Waals surface area contributed by atoms with Gasteiger partial charge in [-0.1, -0.05) is 18.2 Å². The van der Waals surface area contributed by atoms with Crippen LogP contribution in [0.2, 0.25) is 0 Å². The standard InChI is InChI=1S/C15H13N3OS/c19-8-7-17-10-13(14-6-3-9-20-14)18-12-5-2-1-4-11(12)16-15(17)18/h1-6,9-10,19H,7-8H2. The average molecular weight is 283 g/mol. The fourth-order valence-electron chi connectivity index (χ4n) is 2.58. The molecule has 5 heteroatoms. The molecule has 0 saturated heterocycles. The first-order valence-corrected chi connectivity index (χ1v) is 7.37. The van der Waals surface area contributed by atoms with Crippen molar-refractivity contribution < 1.29 is 5.11 Å². The van der Waals surface area contributed by atoms with Crippen LogP contribution in [-0.2, 0) is 6.54 Å². The van der Waals surface area contributed by atoms with E-state index < -0.39 is 0 Å². The summed E-state index contributed by atoms with van der Waals surface area (Å²) in [5.74, 6) is 0.878. The number of fused-ring (bicyclic) bond motifs is 3. The third kappa shape index (κ3) is 1.60. The molecule has 0 aliphatic carbocycles. The second-order valence-corrected chi connectivity index (χ2v) is 5.59. The van der Waals surface area contributed by atoms with Gasteiger partial charge in [0.15, 0.2) is 0 Å². The molecule has 0 radical (unpaired) electrons. The molecule has 0 aliphatic rings. The second-order valence-electron chi connectivity index (χ2n) is 4.64. The van der Waals surface area contributed by atoms with Crippen molar-refractivity contribution in [3.05, 3.63) is 48.0 Å². The van der Waals surface area contributed by atoms with Crippen molar-refractivity contribution in [3.63, 3.8) is 0 Å². The first kappa shape index (κ1) is 11.7. The van der Waals surface area contributed by atoms with Crippen LogP contribution in [0, 0.1) is 0 Å². The summed E-state index contributed by atoms with van der Waals surface area (Å²) in [5.41, 5.74) is 3.20. The third-order valence-electron chi connectivity index (χ3n) is 3.43. The van der Waals surface area contributed by atoms with E-state index in [-0.39, 0.29) is 6.61 Å². The predicted molar refractivity (Wildman–Crippen MR) is 81.1 cm³/mol. The third-order valence-corrected chi connectivity index (χ3v) is 4.33. The molecule has 0 atom stereocenters. The lowest BCUT2D eigenvalue weighted by atomic mass is 10.3. The van der Waals surface area contributed by atoms with Gasteiger partial charge in [0.1, 0.15) is 0 Å². The molecule has 0 aliphatic heterocycles. The van der Waals surface area contributed by atoms with E-state index >= 15 is 0 Å². The number of aliphatic hydroxyl groups is 1. The highest BCUT2D eigenvalue weighted by Crippen LogP contribution is 2.30. The lowest BCUT2D eigenvalue weighted by molar-refractivity contribution is 0.277. The average Bonchev–Trinajstić information content (AvgIpc) is 3.15. The predicted octanol–water partition coefficient (Wildman–Crippen LogP) is 3.01. The van der Waals surface area contributed by atoms with Gasteiger partial charge in [0.25, 0.3) is 0 Å². The van der Waals surface area contributed by atoms with Gasteiger partial charge in [-0.25, -0.2) is 4.98 Å². The molecule has 1 N–H and O–H groups in total. The number of nitrogens with zero attached hydrogens (tertiary/aromatic N) is 3. The Balaban J connectivity index is 2.11. The number of rotatable bonds is 3. The van der Waals surface area contributed by atoms with E-state index in [4.69, 9.17) is 0 Å². The second kappa shape index (κ2) is 4.47. The van der Waals surface area contributed by atoms with Gasteiger partial charge in [-0.05, 0) is 23.6 Å². The van der Waals surface area contributed by atoms with Gasteiger partial charge >= 0.3 is 0 Å². The number of benzene rings is 1. The first-order chi connectivity index (χ1) is 9.88. The topological polar surface area (TPSA) is 42.5 Å². The van der Waals surface area contributed by atoms with Crippen molar-refractivity contribution >= 4 is 28.1 Å². The highest BCUT2D eigenvalue weighted by atomic mass is 32.1. The van der Waals surface area contributed by atoms with Crippen LogP contribution in [0.1, 0.15) is 0 Å². The van der Waals surface area contributed by atoms with E-state index in [0.29, 0.717) is 6.54 Å². The summed E-state index contributed by atoms with van der Waals surface area (Å²) >= 11 is 1.71. The molecule has 100 valence electrons. The zero-order valence-electron chi connectivity index (χ0n) is 10.7. The summed E-state index contributed by atoms with van der Waals surface area (Å²) < 4.78 is 4.17. The molecule has 0 amide bonds. The van der Waals surface area contributed by atoms with Crippen LogP contribution in [0.4, 0.5) is 0 Å². The number of aromatic nitrogens is 3. The minimum atomic E-state index is 0.109. The Morgan fingerprint density at radius 1 is 1.15 bits per heavy atom. The number of imidazole rings is 2. The Labute approximate surface area is 119 Å². The number of hydrogen-bond donors (Lipinski definition) is 1. The van der Waals surface area contributed by atoms with E-state index in [1.807, 2.05) is 28.8 Å².